The fraction of sp³-hybridized carbons (Fsp3) is 0.500. The van der Waals surface area contributed by atoms with Gasteiger partial charge in [-0.3, -0.25) is 4.99 Å². The van der Waals surface area contributed by atoms with Crippen molar-refractivity contribution in [1.29, 1.82) is 0 Å². The third kappa shape index (κ3) is 4.85. The number of hydrogen-bond acceptors (Lipinski definition) is 9. The number of thiazole rings is 1. The molecule has 33 heavy (non-hydrogen) atoms. The molecule has 0 saturated heterocycles. The van der Waals surface area contributed by atoms with Crippen molar-refractivity contribution < 1.29 is 5.11 Å². The van der Waals surface area contributed by atoms with Gasteiger partial charge in [0.15, 0.2) is 0 Å². The Kier molecular flexibility index (Phi) is 6.53. The van der Waals surface area contributed by atoms with Gasteiger partial charge in [0, 0.05) is 18.4 Å². The van der Waals surface area contributed by atoms with Crippen molar-refractivity contribution in [2.45, 2.75) is 45.7 Å². The molecule has 0 amide bonds. The minimum atomic E-state index is 0.234. The summed E-state index contributed by atoms with van der Waals surface area (Å²) in [6.07, 6.45) is 1.95. The van der Waals surface area contributed by atoms with Crippen LogP contribution >= 0.6 is 23.1 Å². The SMILES string of the molecule is Cc1nc(NCC2=NC(C)CS2)nc(N[C@@H]2C[C@H](CO)[C@@H](C)C2)c1-c1nc2ccccc2s1. The second-order valence-corrected chi connectivity index (χ2v) is 11.2. The number of aliphatic imine (C=N–C) groups is 1. The molecule has 174 valence electrons. The molecule has 0 spiro atoms. The summed E-state index contributed by atoms with van der Waals surface area (Å²) in [5.41, 5.74) is 2.85. The highest BCUT2D eigenvalue weighted by Crippen LogP contribution is 2.39. The van der Waals surface area contributed by atoms with Gasteiger partial charge in [0.05, 0.1) is 39.1 Å². The summed E-state index contributed by atoms with van der Waals surface area (Å²) in [7, 11) is 0. The van der Waals surface area contributed by atoms with Crippen LogP contribution in [0.2, 0.25) is 0 Å². The van der Waals surface area contributed by atoms with E-state index in [2.05, 4.69) is 35.5 Å². The first-order chi connectivity index (χ1) is 16.0. The Bertz CT molecular complexity index is 1150. The predicted octanol–water partition coefficient (Wildman–Crippen LogP) is 4.83. The van der Waals surface area contributed by atoms with Crippen molar-refractivity contribution in [3.05, 3.63) is 30.0 Å². The smallest absolute Gasteiger partial charge is 0.225 e. The highest BCUT2D eigenvalue weighted by molar-refractivity contribution is 8.14. The quantitative estimate of drug-likeness (QED) is 0.444. The minimum Gasteiger partial charge on any atom is -0.396 e. The number of aryl methyl sites for hydroxylation is 1. The van der Waals surface area contributed by atoms with Crippen LogP contribution in [-0.4, -0.2) is 56.1 Å². The topological polar surface area (TPSA) is 95.3 Å². The first kappa shape index (κ1) is 22.6. The number of aliphatic hydroxyl groups excluding tert-OH is 1. The van der Waals surface area contributed by atoms with E-state index in [1.165, 1.54) is 0 Å². The van der Waals surface area contributed by atoms with E-state index in [1.807, 2.05) is 25.1 Å². The van der Waals surface area contributed by atoms with E-state index >= 15 is 0 Å². The van der Waals surface area contributed by atoms with Crippen molar-refractivity contribution in [3.8, 4) is 10.6 Å². The van der Waals surface area contributed by atoms with Gasteiger partial charge in [0.25, 0.3) is 0 Å². The van der Waals surface area contributed by atoms with Crippen molar-refractivity contribution in [2.75, 3.05) is 29.5 Å². The van der Waals surface area contributed by atoms with Crippen LogP contribution in [0.3, 0.4) is 0 Å². The Morgan fingerprint density at radius 2 is 1.97 bits per heavy atom. The molecule has 1 unspecified atom stereocenters. The largest absolute Gasteiger partial charge is 0.396 e. The van der Waals surface area contributed by atoms with Gasteiger partial charge in [-0.1, -0.05) is 19.1 Å². The van der Waals surface area contributed by atoms with Gasteiger partial charge in [-0.25, -0.2) is 9.97 Å². The van der Waals surface area contributed by atoms with E-state index in [9.17, 15) is 5.11 Å². The third-order valence-corrected chi connectivity index (χ3v) is 8.76. The highest BCUT2D eigenvalue weighted by atomic mass is 32.2. The lowest BCUT2D eigenvalue weighted by Gasteiger charge is -2.18. The molecule has 0 bridgehead atoms. The summed E-state index contributed by atoms with van der Waals surface area (Å²) < 4.78 is 1.15. The first-order valence-corrected chi connectivity index (χ1v) is 13.4. The summed E-state index contributed by atoms with van der Waals surface area (Å²) >= 11 is 3.46. The monoisotopic (exact) mass is 482 g/mol. The molecule has 1 aromatic carbocycles. The number of para-hydroxylation sites is 1. The highest BCUT2D eigenvalue weighted by Gasteiger charge is 2.32. The van der Waals surface area contributed by atoms with E-state index in [1.54, 1.807) is 23.1 Å². The summed E-state index contributed by atoms with van der Waals surface area (Å²) in [6, 6.07) is 8.83. The molecule has 1 fully saturated rings. The first-order valence-electron chi connectivity index (χ1n) is 11.6. The van der Waals surface area contributed by atoms with Crippen molar-refractivity contribution in [2.24, 2.45) is 16.8 Å². The number of aromatic nitrogens is 3. The van der Waals surface area contributed by atoms with Crippen LogP contribution in [0.1, 0.15) is 32.4 Å². The number of nitrogens with one attached hydrogen (secondary N) is 2. The molecule has 1 aliphatic heterocycles. The standard InChI is InChI=1S/C24H30N6OS2/c1-13-8-17(9-16(13)11-31)28-22-21(23-29-18-6-4-5-7-19(18)33-23)15(3)27-24(30-22)25-10-20-26-14(2)12-32-20/h4-7,13-14,16-17,31H,8-12H2,1-3H3,(H2,25,27,28,30)/t13-,14?,16+,17-/m0/s1. The molecule has 3 N–H and O–H groups in total. The van der Waals surface area contributed by atoms with Crippen LogP contribution in [0, 0.1) is 18.8 Å². The van der Waals surface area contributed by atoms with Gasteiger partial charge in [-0.15, -0.1) is 23.1 Å². The van der Waals surface area contributed by atoms with Crippen molar-refractivity contribution in [1.82, 2.24) is 15.0 Å². The number of fused-ring (bicyclic) bond motifs is 1. The van der Waals surface area contributed by atoms with E-state index in [0.717, 1.165) is 55.9 Å². The van der Waals surface area contributed by atoms with Crippen LogP contribution in [0.25, 0.3) is 20.8 Å². The number of hydrogen-bond donors (Lipinski definition) is 3. The van der Waals surface area contributed by atoms with E-state index in [-0.39, 0.29) is 12.6 Å². The zero-order valence-corrected chi connectivity index (χ0v) is 20.8. The van der Waals surface area contributed by atoms with Crippen LogP contribution < -0.4 is 10.6 Å². The molecule has 4 atom stereocenters. The normalized spacial score (nSPS) is 24.9. The molecular formula is C24H30N6OS2. The average Bonchev–Trinajstić information content (AvgIpc) is 3.49. The molecule has 5 rings (SSSR count). The van der Waals surface area contributed by atoms with Crippen LogP contribution in [0.5, 0.6) is 0 Å². The predicted molar refractivity (Wildman–Crippen MR) is 140 cm³/mol. The second-order valence-electron chi connectivity index (χ2n) is 9.11. The number of nitrogens with zero attached hydrogens (tertiary/aromatic N) is 4. The Morgan fingerprint density at radius 1 is 1.12 bits per heavy atom. The minimum absolute atomic E-state index is 0.234. The summed E-state index contributed by atoms with van der Waals surface area (Å²) in [4.78, 5) is 19.2. The third-order valence-electron chi connectivity index (χ3n) is 6.47. The van der Waals surface area contributed by atoms with Crippen molar-refractivity contribution >= 4 is 50.1 Å². The van der Waals surface area contributed by atoms with Gasteiger partial charge >= 0.3 is 0 Å². The maximum atomic E-state index is 9.73. The molecule has 0 radical (unpaired) electrons. The Balaban J connectivity index is 1.47. The zero-order valence-electron chi connectivity index (χ0n) is 19.2. The van der Waals surface area contributed by atoms with E-state index < -0.39 is 0 Å². The molecule has 1 saturated carbocycles. The summed E-state index contributed by atoms with van der Waals surface area (Å²) in [5, 5.41) is 18.8. The summed E-state index contributed by atoms with van der Waals surface area (Å²) in [5.74, 6) is 3.26. The van der Waals surface area contributed by atoms with Crippen LogP contribution in [-0.2, 0) is 0 Å². The number of benzene rings is 1. The van der Waals surface area contributed by atoms with Crippen LogP contribution in [0.4, 0.5) is 11.8 Å². The van der Waals surface area contributed by atoms with Gasteiger partial charge in [0.2, 0.25) is 5.95 Å². The second kappa shape index (κ2) is 9.56. The number of anilines is 2. The van der Waals surface area contributed by atoms with Gasteiger partial charge in [-0.2, -0.15) is 4.98 Å². The number of rotatable bonds is 7. The fourth-order valence-corrected chi connectivity index (χ4v) is 6.68. The Labute approximate surface area is 202 Å². The van der Waals surface area contributed by atoms with Crippen LogP contribution in [0.15, 0.2) is 29.3 Å². The number of aliphatic hydroxyl groups is 1. The molecule has 7 nitrogen and oxygen atoms in total. The maximum Gasteiger partial charge on any atom is 0.225 e. The Hall–Kier alpha value is -2.23. The molecular weight excluding hydrogens is 452 g/mol. The van der Waals surface area contributed by atoms with Gasteiger partial charge in [-0.05, 0) is 50.7 Å². The fourth-order valence-electron chi connectivity index (χ4n) is 4.68. The summed E-state index contributed by atoms with van der Waals surface area (Å²) in [6.45, 7) is 7.25. The van der Waals surface area contributed by atoms with E-state index in [4.69, 9.17) is 15.0 Å². The number of thioether (sulfide) groups is 1. The lowest BCUT2D eigenvalue weighted by Crippen LogP contribution is -2.20. The molecule has 2 aliphatic rings. The maximum absolute atomic E-state index is 9.73. The lowest BCUT2D eigenvalue weighted by molar-refractivity contribution is 0.201. The van der Waals surface area contributed by atoms with Gasteiger partial charge in [0.1, 0.15) is 10.8 Å². The lowest BCUT2D eigenvalue weighted by atomic mass is 10.00. The molecule has 3 heterocycles. The molecule has 9 heteroatoms. The Morgan fingerprint density at radius 3 is 2.70 bits per heavy atom. The van der Waals surface area contributed by atoms with E-state index in [0.29, 0.717) is 30.4 Å². The molecule has 3 aromatic rings. The average molecular weight is 483 g/mol. The van der Waals surface area contributed by atoms with Crippen molar-refractivity contribution in [3.63, 3.8) is 0 Å². The van der Waals surface area contributed by atoms with Gasteiger partial charge < -0.3 is 15.7 Å². The molecule has 1 aliphatic carbocycles. The zero-order chi connectivity index (χ0) is 22.9. The molecule has 2 aromatic heterocycles.